The van der Waals surface area contributed by atoms with E-state index in [-0.39, 0.29) is 10.5 Å². The molecule has 3 nitrogen and oxygen atoms in total. The largest absolute Gasteiger partial charge is 0.416 e. The van der Waals surface area contributed by atoms with Gasteiger partial charge >= 0.3 is 6.18 Å². The lowest BCUT2D eigenvalue weighted by Crippen LogP contribution is -2.11. The number of carbonyl (C=O) groups excluding carboxylic acids is 1. The number of alkyl halides is 3. The summed E-state index contributed by atoms with van der Waals surface area (Å²) >= 11 is 4.34. The second-order valence-corrected chi connectivity index (χ2v) is 6.61. The molecule has 3 rings (SSSR count). The lowest BCUT2D eigenvalue weighted by Gasteiger charge is -2.04. The van der Waals surface area contributed by atoms with Gasteiger partial charge in [0.1, 0.15) is 0 Å². The quantitative estimate of drug-likeness (QED) is 0.631. The Morgan fingerprint density at radius 1 is 1.13 bits per heavy atom. The zero-order valence-electron chi connectivity index (χ0n) is 11.3. The number of benzene rings is 2. The summed E-state index contributed by atoms with van der Waals surface area (Å²) in [4.78, 5) is 16.2. The van der Waals surface area contributed by atoms with E-state index in [1.165, 1.54) is 6.07 Å². The van der Waals surface area contributed by atoms with Gasteiger partial charge in [0.05, 0.1) is 15.8 Å². The number of hydrogen-bond donors (Lipinski definition) is 1. The van der Waals surface area contributed by atoms with Crippen LogP contribution in [0.5, 0.6) is 0 Å². The van der Waals surface area contributed by atoms with Gasteiger partial charge in [0.25, 0.3) is 5.91 Å². The smallest absolute Gasteiger partial charge is 0.320 e. The van der Waals surface area contributed by atoms with Crippen LogP contribution in [0.1, 0.15) is 15.4 Å². The number of nitrogens with one attached hydrogen (secondary N) is 1. The molecule has 1 heterocycles. The highest BCUT2D eigenvalue weighted by molar-refractivity contribution is 9.10. The van der Waals surface area contributed by atoms with Gasteiger partial charge in [-0.25, -0.2) is 4.98 Å². The lowest BCUT2D eigenvalue weighted by molar-refractivity contribution is -0.137. The predicted molar refractivity (Wildman–Crippen MR) is 86.7 cm³/mol. The van der Waals surface area contributed by atoms with Crippen LogP contribution < -0.4 is 5.32 Å². The van der Waals surface area contributed by atoms with E-state index in [1.54, 1.807) is 24.3 Å². The Morgan fingerprint density at radius 3 is 2.48 bits per heavy atom. The van der Waals surface area contributed by atoms with Crippen molar-refractivity contribution in [3.63, 3.8) is 0 Å². The third-order valence-electron chi connectivity index (χ3n) is 3.01. The molecule has 23 heavy (non-hydrogen) atoms. The second-order valence-electron chi connectivity index (χ2n) is 4.66. The van der Waals surface area contributed by atoms with Crippen LogP contribution in [0.2, 0.25) is 0 Å². The molecule has 0 saturated carbocycles. The molecular weight excluding hydrogens is 393 g/mol. The number of anilines is 1. The molecule has 0 atom stereocenters. The van der Waals surface area contributed by atoms with Crippen LogP contribution in [0.25, 0.3) is 10.2 Å². The van der Waals surface area contributed by atoms with Crippen molar-refractivity contribution in [1.82, 2.24) is 4.98 Å². The molecule has 0 fully saturated rings. The van der Waals surface area contributed by atoms with Gasteiger partial charge < -0.3 is 5.32 Å². The normalized spacial score (nSPS) is 11.7. The number of amides is 1. The van der Waals surface area contributed by atoms with E-state index >= 15 is 0 Å². The van der Waals surface area contributed by atoms with Gasteiger partial charge in [-0.15, -0.1) is 11.3 Å². The molecule has 0 saturated heterocycles. The maximum Gasteiger partial charge on any atom is 0.416 e. The van der Waals surface area contributed by atoms with E-state index in [4.69, 9.17) is 0 Å². The third kappa shape index (κ3) is 3.53. The Balaban J connectivity index is 1.87. The summed E-state index contributed by atoms with van der Waals surface area (Å²) in [6.45, 7) is 0. The summed E-state index contributed by atoms with van der Waals surface area (Å²) < 4.78 is 39.5. The first-order valence-electron chi connectivity index (χ1n) is 6.37. The molecule has 0 aliphatic carbocycles. The number of thiazole rings is 1. The minimum Gasteiger partial charge on any atom is -0.320 e. The molecule has 0 aliphatic rings. The van der Waals surface area contributed by atoms with Gasteiger partial charge in [0.2, 0.25) is 0 Å². The first-order valence-corrected chi connectivity index (χ1v) is 7.98. The Kier molecular flexibility index (Phi) is 4.11. The van der Waals surface area contributed by atoms with Crippen molar-refractivity contribution < 1.29 is 18.0 Å². The summed E-state index contributed by atoms with van der Waals surface area (Å²) in [6, 6.07) is 10.2. The third-order valence-corrected chi connectivity index (χ3v) is 4.58. The van der Waals surface area contributed by atoms with Crippen LogP contribution in [0, 0.1) is 0 Å². The van der Waals surface area contributed by atoms with Crippen molar-refractivity contribution in [1.29, 1.82) is 0 Å². The monoisotopic (exact) mass is 400 g/mol. The van der Waals surface area contributed by atoms with Crippen molar-refractivity contribution in [3.05, 3.63) is 57.5 Å². The second kappa shape index (κ2) is 5.93. The van der Waals surface area contributed by atoms with Crippen molar-refractivity contribution in [2.45, 2.75) is 6.18 Å². The molecule has 0 aliphatic heterocycles. The predicted octanol–water partition coefficient (Wildman–Crippen LogP) is 5.33. The van der Waals surface area contributed by atoms with Gasteiger partial charge in [-0.3, -0.25) is 4.79 Å². The van der Waals surface area contributed by atoms with E-state index in [9.17, 15) is 18.0 Å². The molecule has 118 valence electrons. The molecule has 1 aromatic heterocycles. The number of rotatable bonds is 2. The Labute approximate surface area is 141 Å². The van der Waals surface area contributed by atoms with E-state index in [1.807, 2.05) is 0 Å². The van der Waals surface area contributed by atoms with E-state index in [0.29, 0.717) is 10.4 Å². The average molecular weight is 401 g/mol. The van der Waals surface area contributed by atoms with Crippen molar-refractivity contribution in [2.75, 3.05) is 5.32 Å². The minimum atomic E-state index is -4.43. The highest BCUT2D eigenvalue weighted by Crippen LogP contribution is 2.33. The molecule has 0 spiro atoms. The molecule has 0 radical (unpaired) electrons. The van der Waals surface area contributed by atoms with Gasteiger partial charge in [-0.05, 0) is 42.5 Å². The van der Waals surface area contributed by atoms with Crippen molar-refractivity contribution in [2.24, 2.45) is 0 Å². The molecular formula is C15H8BrF3N2OS. The standard InChI is InChI=1S/C15H8BrF3N2OS/c16-9-2-4-10(5-3-9)20-13(22)14-21-11-7-8(15(17,18)19)1-6-12(11)23-14/h1-7H,(H,20,22). The summed E-state index contributed by atoms with van der Waals surface area (Å²) in [5.41, 5.74) is -0.0469. The zero-order chi connectivity index (χ0) is 16.6. The van der Waals surface area contributed by atoms with Gasteiger partial charge in [-0.1, -0.05) is 15.9 Å². The first kappa shape index (κ1) is 15.9. The molecule has 0 bridgehead atoms. The fraction of sp³-hybridized carbons (Fsp3) is 0.0667. The number of aromatic nitrogens is 1. The number of nitrogens with zero attached hydrogens (tertiary/aromatic N) is 1. The van der Waals surface area contributed by atoms with Crippen LogP contribution in [0.15, 0.2) is 46.9 Å². The number of hydrogen-bond acceptors (Lipinski definition) is 3. The van der Waals surface area contributed by atoms with Crippen LogP contribution in [0.3, 0.4) is 0 Å². The summed E-state index contributed by atoms with van der Waals surface area (Å²) in [5.74, 6) is -0.456. The SMILES string of the molecule is O=C(Nc1ccc(Br)cc1)c1nc2cc(C(F)(F)F)ccc2s1. The summed E-state index contributed by atoms with van der Waals surface area (Å²) in [7, 11) is 0. The maximum absolute atomic E-state index is 12.7. The zero-order valence-corrected chi connectivity index (χ0v) is 13.7. The molecule has 8 heteroatoms. The van der Waals surface area contributed by atoms with Crippen LogP contribution in [-0.2, 0) is 6.18 Å². The molecule has 3 aromatic rings. The van der Waals surface area contributed by atoms with Gasteiger partial charge in [0.15, 0.2) is 5.01 Å². The Hall–Kier alpha value is -1.93. The number of fused-ring (bicyclic) bond motifs is 1. The van der Waals surface area contributed by atoms with Crippen molar-refractivity contribution in [3.8, 4) is 0 Å². The fourth-order valence-corrected chi connectivity index (χ4v) is 3.02. The Morgan fingerprint density at radius 2 is 1.83 bits per heavy atom. The first-order chi connectivity index (χ1) is 10.8. The van der Waals surface area contributed by atoms with Crippen LogP contribution in [0.4, 0.5) is 18.9 Å². The van der Waals surface area contributed by atoms with E-state index < -0.39 is 17.6 Å². The highest BCUT2D eigenvalue weighted by Gasteiger charge is 2.31. The fourth-order valence-electron chi connectivity index (χ4n) is 1.92. The van der Waals surface area contributed by atoms with Gasteiger partial charge in [-0.2, -0.15) is 13.2 Å². The lowest BCUT2D eigenvalue weighted by atomic mass is 10.2. The average Bonchev–Trinajstić information content (AvgIpc) is 2.92. The summed E-state index contributed by atoms with van der Waals surface area (Å²) in [5, 5.41) is 2.77. The van der Waals surface area contributed by atoms with E-state index in [0.717, 1.165) is 27.9 Å². The van der Waals surface area contributed by atoms with Crippen LogP contribution >= 0.6 is 27.3 Å². The minimum absolute atomic E-state index is 0.113. The topological polar surface area (TPSA) is 42.0 Å². The highest BCUT2D eigenvalue weighted by atomic mass is 79.9. The summed E-state index contributed by atoms with van der Waals surface area (Å²) in [6.07, 6.45) is -4.43. The van der Waals surface area contributed by atoms with Gasteiger partial charge in [0, 0.05) is 10.2 Å². The molecule has 2 aromatic carbocycles. The molecule has 0 unspecified atom stereocenters. The maximum atomic E-state index is 12.7. The molecule has 1 N–H and O–H groups in total. The van der Waals surface area contributed by atoms with Crippen molar-refractivity contribution >= 4 is 49.1 Å². The Bertz CT molecular complexity index is 875. The number of halogens is 4. The number of carbonyl (C=O) groups is 1. The van der Waals surface area contributed by atoms with Crippen LogP contribution in [-0.4, -0.2) is 10.9 Å². The molecule has 1 amide bonds. The van der Waals surface area contributed by atoms with E-state index in [2.05, 4.69) is 26.2 Å².